The van der Waals surface area contributed by atoms with Crippen LogP contribution in [0.15, 0.2) is 53.5 Å². The van der Waals surface area contributed by atoms with Gasteiger partial charge in [-0.2, -0.15) is 0 Å². The number of alkyl halides is 1. The van der Waals surface area contributed by atoms with Gasteiger partial charge in [-0.3, -0.25) is 19.3 Å². The van der Waals surface area contributed by atoms with Crippen LogP contribution in [0.3, 0.4) is 0 Å². The van der Waals surface area contributed by atoms with E-state index < -0.39 is 24.1 Å². The number of Topliss-reactive ketones (excluding diaryl/α,β-unsaturated/α-hetero) is 1. The van der Waals surface area contributed by atoms with E-state index in [-0.39, 0.29) is 29.3 Å². The molecule has 2 aromatic rings. The number of anilines is 1. The van der Waals surface area contributed by atoms with Gasteiger partial charge in [-0.25, -0.2) is 9.79 Å². The molecule has 0 spiro atoms. The van der Waals surface area contributed by atoms with Gasteiger partial charge in [-0.05, 0) is 36.0 Å². The second kappa shape index (κ2) is 10.9. The molecular formula is C26H26BrN3O5. The molecule has 0 unspecified atom stereocenters. The summed E-state index contributed by atoms with van der Waals surface area (Å²) in [6.07, 6.45) is 0.851. The van der Waals surface area contributed by atoms with Gasteiger partial charge in [0.25, 0.3) is 5.91 Å². The zero-order valence-corrected chi connectivity index (χ0v) is 20.9. The van der Waals surface area contributed by atoms with E-state index in [1.54, 1.807) is 6.92 Å². The Hall–Kier alpha value is -3.33. The van der Waals surface area contributed by atoms with Crippen molar-refractivity contribution in [1.82, 2.24) is 5.32 Å². The van der Waals surface area contributed by atoms with Crippen molar-refractivity contribution < 1.29 is 23.9 Å². The molecule has 0 fully saturated rings. The predicted molar refractivity (Wildman–Crippen MR) is 135 cm³/mol. The average Bonchev–Trinajstić information content (AvgIpc) is 3.22. The number of halogens is 1. The van der Waals surface area contributed by atoms with Crippen molar-refractivity contribution in [3.8, 4) is 0 Å². The maximum absolute atomic E-state index is 13.6. The molecule has 0 radical (unpaired) electrons. The molecule has 2 aliphatic rings. The van der Waals surface area contributed by atoms with Crippen LogP contribution < -0.4 is 10.2 Å². The molecule has 0 aliphatic carbocycles. The van der Waals surface area contributed by atoms with E-state index in [9.17, 15) is 19.2 Å². The Bertz CT molecular complexity index is 1180. The molecule has 182 valence electrons. The number of carbonyl (C=O) groups is 4. The number of nitrogens with one attached hydrogen (secondary N) is 1. The fraction of sp³-hybridized carbons (Fsp3) is 0.346. The highest BCUT2D eigenvalue weighted by atomic mass is 79.9. The summed E-state index contributed by atoms with van der Waals surface area (Å²) in [6, 6.07) is 13.3. The van der Waals surface area contributed by atoms with E-state index in [0.717, 1.165) is 16.7 Å². The summed E-state index contributed by atoms with van der Waals surface area (Å²) in [5, 5.41) is 2.75. The quantitative estimate of drug-likeness (QED) is 0.428. The van der Waals surface area contributed by atoms with E-state index in [4.69, 9.17) is 4.74 Å². The SMILES string of the molecule is CCC(=NC(=O)[C@@H]1Cc2cccc3c2N1C(=O)[C@@H](NC(=O)OCc1ccccc1)CC3)C(=O)CBr. The van der Waals surface area contributed by atoms with Gasteiger partial charge in [0.2, 0.25) is 5.91 Å². The van der Waals surface area contributed by atoms with Gasteiger partial charge in [0.15, 0.2) is 5.78 Å². The Balaban J connectivity index is 1.55. The number of rotatable bonds is 7. The number of alkyl carbamates (subject to hydrolysis) is 1. The normalized spacial score (nSPS) is 19.1. The Morgan fingerprint density at radius 1 is 1.11 bits per heavy atom. The summed E-state index contributed by atoms with van der Waals surface area (Å²) in [6.45, 7) is 1.84. The molecule has 0 saturated carbocycles. The summed E-state index contributed by atoms with van der Waals surface area (Å²) in [7, 11) is 0. The Morgan fingerprint density at radius 2 is 1.86 bits per heavy atom. The van der Waals surface area contributed by atoms with Gasteiger partial charge in [-0.15, -0.1) is 0 Å². The predicted octanol–water partition coefficient (Wildman–Crippen LogP) is 3.53. The highest BCUT2D eigenvalue weighted by Gasteiger charge is 2.44. The summed E-state index contributed by atoms with van der Waals surface area (Å²) in [5.74, 6) is -1.19. The maximum Gasteiger partial charge on any atom is 0.408 e. The first kappa shape index (κ1) is 24.8. The fourth-order valence-electron chi connectivity index (χ4n) is 4.49. The van der Waals surface area contributed by atoms with Gasteiger partial charge in [0.1, 0.15) is 18.7 Å². The van der Waals surface area contributed by atoms with Crippen LogP contribution in [-0.4, -0.2) is 46.8 Å². The zero-order valence-electron chi connectivity index (χ0n) is 19.3. The molecule has 1 N–H and O–H groups in total. The van der Waals surface area contributed by atoms with Gasteiger partial charge >= 0.3 is 6.09 Å². The number of ether oxygens (including phenoxy) is 1. The van der Waals surface area contributed by atoms with E-state index in [1.807, 2.05) is 48.5 Å². The number of aliphatic imine (C=N–C) groups is 1. The number of aryl methyl sites for hydroxylation is 1. The number of para-hydroxylation sites is 1. The van der Waals surface area contributed by atoms with Crippen LogP contribution in [0.25, 0.3) is 0 Å². The number of amides is 3. The Kier molecular flexibility index (Phi) is 7.75. The monoisotopic (exact) mass is 539 g/mol. The van der Waals surface area contributed by atoms with E-state index in [2.05, 4.69) is 26.2 Å². The second-order valence-corrected chi connectivity index (χ2v) is 9.02. The van der Waals surface area contributed by atoms with Crippen LogP contribution in [0.2, 0.25) is 0 Å². The van der Waals surface area contributed by atoms with Crippen LogP contribution >= 0.6 is 15.9 Å². The van der Waals surface area contributed by atoms with Crippen LogP contribution in [-0.2, 0) is 38.6 Å². The minimum Gasteiger partial charge on any atom is -0.445 e. The van der Waals surface area contributed by atoms with Crippen LogP contribution in [0.1, 0.15) is 36.5 Å². The van der Waals surface area contributed by atoms with Crippen molar-refractivity contribution in [3.63, 3.8) is 0 Å². The summed E-state index contributed by atoms with van der Waals surface area (Å²) < 4.78 is 5.31. The largest absolute Gasteiger partial charge is 0.445 e. The van der Waals surface area contributed by atoms with Crippen molar-refractivity contribution in [1.29, 1.82) is 0 Å². The van der Waals surface area contributed by atoms with Gasteiger partial charge in [0, 0.05) is 6.42 Å². The van der Waals surface area contributed by atoms with Gasteiger partial charge in [-0.1, -0.05) is 71.4 Å². The van der Waals surface area contributed by atoms with E-state index in [0.29, 0.717) is 31.4 Å². The zero-order chi connectivity index (χ0) is 24.9. The van der Waals surface area contributed by atoms with Crippen molar-refractivity contribution in [3.05, 3.63) is 65.2 Å². The van der Waals surface area contributed by atoms with E-state index >= 15 is 0 Å². The molecule has 2 atom stereocenters. The van der Waals surface area contributed by atoms with Gasteiger partial charge < -0.3 is 10.1 Å². The molecule has 9 heteroatoms. The number of benzene rings is 2. The topological polar surface area (TPSA) is 105 Å². The molecule has 0 aromatic heterocycles. The third-order valence-corrected chi connectivity index (χ3v) is 6.73. The first-order valence-electron chi connectivity index (χ1n) is 11.5. The molecular weight excluding hydrogens is 514 g/mol. The van der Waals surface area contributed by atoms with Crippen molar-refractivity contribution >= 4 is 51.0 Å². The number of nitrogens with zero attached hydrogens (tertiary/aromatic N) is 2. The van der Waals surface area contributed by atoms with Crippen LogP contribution in [0.4, 0.5) is 10.5 Å². The number of ketones is 1. The average molecular weight is 540 g/mol. The van der Waals surface area contributed by atoms with Crippen LogP contribution in [0, 0.1) is 0 Å². The Labute approximate surface area is 211 Å². The van der Waals surface area contributed by atoms with Crippen LogP contribution in [0.5, 0.6) is 0 Å². The molecule has 2 aromatic carbocycles. The molecule has 3 amide bonds. The van der Waals surface area contributed by atoms with Crippen molar-refractivity contribution in [2.75, 3.05) is 10.2 Å². The summed E-state index contributed by atoms with van der Waals surface area (Å²) in [4.78, 5) is 57.0. The lowest BCUT2D eigenvalue weighted by Gasteiger charge is -2.26. The minimum absolute atomic E-state index is 0.0712. The number of hydrogen-bond donors (Lipinski definition) is 1. The molecule has 0 bridgehead atoms. The molecule has 4 rings (SSSR count). The number of hydrogen-bond acceptors (Lipinski definition) is 5. The number of carbonyl (C=O) groups excluding carboxylic acids is 4. The highest BCUT2D eigenvalue weighted by molar-refractivity contribution is 9.09. The third kappa shape index (κ3) is 5.35. The molecule has 0 saturated heterocycles. The molecule has 2 aliphatic heterocycles. The summed E-state index contributed by atoms with van der Waals surface area (Å²) in [5.41, 5.74) is 3.52. The minimum atomic E-state index is -0.869. The highest BCUT2D eigenvalue weighted by Crippen LogP contribution is 2.39. The standard InChI is InChI=1S/C26H26BrN3O5/c1-2-19(22(31)14-27)28-24(32)21-13-18-10-6-9-17-11-12-20(25(33)30(21)23(17)18)29-26(34)35-15-16-7-4-3-5-8-16/h3-10,20-21H,2,11-15H2,1H3,(H,29,34)/t20-,21-/m0/s1. The fourth-order valence-corrected chi connectivity index (χ4v) is 4.82. The lowest BCUT2D eigenvalue weighted by atomic mass is 10.0. The first-order chi connectivity index (χ1) is 16.9. The maximum atomic E-state index is 13.6. The Morgan fingerprint density at radius 3 is 2.57 bits per heavy atom. The molecule has 8 nitrogen and oxygen atoms in total. The van der Waals surface area contributed by atoms with E-state index in [1.165, 1.54) is 4.90 Å². The summed E-state index contributed by atoms with van der Waals surface area (Å²) >= 11 is 3.12. The molecule has 2 heterocycles. The third-order valence-electron chi connectivity index (χ3n) is 6.22. The smallest absolute Gasteiger partial charge is 0.408 e. The second-order valence-electron chi connectivity index (χ2n) is 8.46. The van der Waals surface area contributed by atoms with Gasteiger partial charge in [0.05, 0.1) is 16.7 Å². The lowest BCUT2D eigenvalue weighted by Crippen LogP contribution is -2.52. The first-order valence-corrected chi connectivity index (χ1v) is 12.7. The van der Waals surface area contributed by atoms with Crippen molar-refractivity contribution in [2.45, 2.75) is 51.3 Å². The van der Waals surface area contributed by atoms with Crippen molar-refractivity contribution in [2.24, 2.45) is 4.99 Å². The lowest BCUT2D eigenvalue weighted by molar-refractivity contribution is -0.125. The molecule has 35 heavy (non-hydrogen) atoms.